The minimum Gasteiger partial charge on any atom is -0.481 e. The third-order valence-corrected chi connectivity index (χ3v) is 3.80. The second kappa shape index (κ2) is 7.63. The van der Waals surface area contributed by atoms with E-state index < -0.39 is 29.2 Å². The highest BCUT2D eigenvalue weighted by Crippen LogP contribution is 2.36. The molecule has 28 heavy (non-hydrogen) atoms. The summed E-state index contributed by atoms with van der Waals surface area (Å²) >= 11 is 0. The van der Waals surface area contributed by atoms with E-state index in [0.717, 1.165) is 30.5 Å². The van der Waals surface area contributed by atoms with Crippen molar-refractivity contribution in [1.29, 1.82) is 0 Å². The van der Waals surface area contributed by atoms with E-state index in [9.17, 15) is 22.4 Å². The number of hydrogen-bond acceptors (Lipinski definition) is 4. The molecule has 2 aromatic heterocycles. The molecular weight excluding hydrogens is 378 g/mol. The maximum atomic E-state index is 14.5. The largest absolute Gasteiger partial charge is 0.481 e. The Morgan fingerprint density at radius 2 is 1.89 bits per heavy atom. The van der Waals surface area contributed by atoms with Crippen molar-refractivity contribution in [1.82, 2.24) is 9.97 Å². The van der Waals surface area contributed by atoms with Crippen LogP contribution < -0.4 is 10.1 Å². The summed E-state index contributed by atoms with van der Waals surface area (Å²) in [4.78, 5) is 19.8. The molecule has 0 unspecified atom stereocenters. The molecule has 3 aromatic rings. The minimum absolute atomic E-state index is 0.0680. The molecule has 2 heterocycles. The number of carbonyl (C=O) groups excluding carboxylic acids is 1. The Bertz CT molecular complexity index is 1000. The number of hydrogen-bond donors (Lipinski definition) is 1. The maximum Gasteiger partial charge on any atom is 0.418 e. The predicted molar refractivity (Wildman–Crippen MR) is 93.4 cm³/mol. The highest BCUT2D eigenvalue weighted by molar-refractivity contribution is 6.04. The predicted octanol–water partition coefficient (Wildman–Crippen LogP) is 4.56. The molecule has 0 aliphatic carbocycles. The van der Waals surface area contributed by atoms with E-state index >= 15 is 0 Å². The van der Waals surface area contributed by atoms with Gasteiger partial charge < -0.3 is 10.1 Å². The number of nitrogens with zero attached hydrogens (tertiary/aromatic N) is 2. The molecule has 0 atom stereocenters. The van der Waals surface area contributed by atoms with Crippen molar-refractivity contribution in [2.45, 2.75) is 6.18 Å². The van der Waals surface area contributed by atoms with E-state index in [2.05, 4.69) is 15.3 Å². The summed E-state index contributed by atoms with van der Waals surface area (Å²) in [6, 6.07) is 8.18. The lowest BCUT2D eigenvalue weighted by Gasteiger charge is -2.13. The number of methoxy groups -OCH3 is 1. The molecule has 9 heteroatoms. The fourth-order valence-corrected chi connectivity index (χ4v) is 2.48. The number of alkyl halides is 3. The van der Waals surface area contributed by atoms with Crippen LogP contribution >= 0.6 is 0 Å². The Kier molecular flexibility index (Phi) is 5.25. The number of ether oxygens (including phenoxy) is 1. The van der Waals surface area contributed by atoms with Gasteiger partial charge in [0, 0.05) is 23.4 Å². The second-order valence-electron chi connectivity index (χ2n) is 5.64. The first-order chi connectivity index (χ1) is 13.3. The number of halogens is 4. The van der Waals surface area contributed by atoms with Crippen molar-refractivity contribution < 1.29 is 27.1 Å². The quantitative estimate of drug-likeness (QED) is 0.662. The van der Waals surface area contributed by atoms with Crippen LogP contribution in [-0.4, -0.2) is 23.0 Å². The summed E-state index contributed by atoms with van der Waals surface area (Å²) in [6.07, 6.45) is -2.19. The zero-order valence-corrected chi connectivity index (χ0v) is 14.4. The summed E-state index contributed by atoms with van der Waals surface area (Å²) in [5.74, 6) is -1.29. The second-order valence-corrected chi connectivity index (χ2v) is 5.64. The van der Waals surface area contributed by atoms with Crippen LogP contribution in [-0.2, 0) is 6.18 Å². The van der Waals surface area contributed by atoms with Gasteiger partial charge >= 0.3 is 6.18 Å². The van der Waals surface area contributed by atoms with Crippen molar-refractivity contribution >= 4 is 11.6 Å². The summed E-state index contributed by atoms with van der Waals surface area (Å²) < 4.78 is 58.8. The summed E-state index contributed by atoms with van der Waals surface area (Å²) in [7, 11) is 1.44. The number of rotatable bonds is 4. The first-order valence-corrected chi connectivity index (χ1v) is 7.93. The van der Waals surface area contributed by atoms with Gasteiger partial charge in [0.05, 0.1) is 30.3 Å². The van der Waals surface area contributed by atoms with Crippen LogP contribution in [0.25, 0.3) is 11.3 Å². The molecule has 1 N–H and O–H groups in total. The monoisotopic (exact) mass is 391 g/mol. The highest BCUT2D eigenvalue weighted by atomic mass is 19.4. The van der Waals surface area contributed by atoms with Gasteiger partial charge in [0.25, 0.3) is 5.91 Å². The molecule has 5 nitrogen and oxygen atoms in total. The lowest BCUT2D eigenvalue weighted by molar-refractivity contribution is -0.137. The van der Waals surface area contributed by atoms with E-state index in [1.54, 1.807) is 0 Å². The molecule has 1 amide bonds. The van der Waals surface area contributed by atoms with Gasteiger partial charge in [-0.25, -0.2) is 9.37 Å². The highest BCUT2D eigenvalue weighted by Gasteiger charge is 2.34. The van der Waals surface area contributed by atoms with Crippen molar-refractivity contribution in [2.75, 3.05) is 12.4 Å². The molecule has 0 aliphatic heterocycles. The Morgan fingerprint density at radius 3 is 2.50 bits per heavy atom. The molecule has 0 aliphatic rings. The number of nitrogens with one attached hydrogen (secondary N) is 1. The number of benzene rings is 1. The zero-order chi connectivity index (χ0) is 20.3. The SMILES string of the molecule is COc1ccc(NC(=O)c2ccc(-c3ncccc3C(F)(F)F)c(F)c2)cn1. The first kappa shape index (κ1) is 19.3. The van der Waals surface area contributed by atoms with Gasteiger partial charge in [-0.3, -0.25) is 9.78 Å². The number of anilines is 1. The Balaban J connectivity index is 1.87. The van der Waals surface area contributed by atoms with E-state index in [-0.39, 0.29) is 11.1 Å². The Labute approximate surface area is 157 Å². The molecule has 0 saturated heterocycles. The van der Waals surface area contributed by atoms with Gasteiger partial charge in [-0.05, 0) is 36.4 Å². The summed E-state index contributed by atoms with van der Waals surface area (Å²) in [5.41, 5.74) is -1.68. The number of carbonyl (C=O) groups is 1. The zero-order valence-electron chi connectivity index (χ0n) is 14.4. The van der Waals surface area contributed by atoms with E-state index in [1.807, 2.05) is 0 Å². The van der Waals surface area contributed by atoms with Crippen LogP contribution in [0.3, 0.4) is 0 Å². The number of amides is 1. The Morgan fingerprint density at radius 1 is 1.11 bits per heavy atom. The third-order valence-electron chi connectivity index (χ3n) is 3.80. The van der Waals surface area contributed by atoms with Crippen molar-refractivity contribution in [2.24, 2.45) is 0 Å². The van der Waals surface area contributed by atoms with Crippen LogP contribution in [0, 0.1) is 5.82 Å². The average molecular weight is 391 g/mol. The lowest BCUT2D eigenvalue weighted by Crippen LogP contribution is -2.13. The summed E-state index contributed by atoms with van der Waals surface area (Å²) in [6.45, 7) is 0. The molecular formula is C19H13F4N3O2. The van der Waals surface area contributed by atoms with Gasteiger partial charge in [-0.15, -0.1) is 0 Å². The van der Waals surface area contributed by atoms with Crippen LogP contribution in [0.5, 0.6) is 5.88 Å². The van der Waals surface area contributed by atoms with Gasteiger partial charge in [0.1, 0.15) is 5.82 Å². The number of aromatic nitrogens is 2. The van der Waals surface area contributed by atoms with Gasteiger partial charge in [-0.2, -0.15) is 13.2 Å². The fourth-order valence-electron chi connectivity index (χ4n) is 2.48. The topological polar surface area (TPSA) is 64.1 Å². The van der Waals surface area contributed by atoms with Crippen LogP contribution in [0.4, 0.5) is 23.2 Å². The van der Waals surface area contributed by atoms with Gasteiger partial charge in [0.15, 0.2) is 0 Å². The van der Waals surface area contributed by atoms with E-state index in [0.29, 0.717) is 11.6 Å². The summed E-state index contributed by atoms with van der Waals surface area (Å²) in [5, 5.41) is 2.51. The van der Waals surface area contributed by atoms with E-state index in [4.69, 9.17) is 4.74 Å². The third kappa shape index (κ3) is 4.08. The standard InChI is InChI=1S/C19H13F4N3O2/c1-28-16-7-5-12(10-25-16)26-18(27)11-4-6-13(15(20)9-11)17-14(19(21,22)23)3-2-8-24-17/h2-10H,1H3,(H,26,27). The number of pyridine rings is 2. The molecule has 0 bridgehead atoms. The molecule has 0 radical (unpaired) electrons. The molecule has 0 spiro atoms. The van der Waals surface area contributed by atoms with Crippen molar-refractivity contribution in [3.63, 3.8) is 0 Å². The van der Waals surface area contributed by atoms with Gasteiger partial charge in [0.2, 0.25) is 5.88 Å². The normalized spacial score (nSPS) is 11.2. The maximum absolute atomic E-state index is 14.5. The fraction of sp³-hybridized carbons (Fsp3) is 0.105. The smallest absolute Gasteiger partial charge is 0.418 e. The van der Waals surface area contributed by atoms with Gasteiger partial charge in [-0.1, -0.05) is 0 Å². The van der Waals surface area contributed by atoms with Crippen LogP contribution in [0.1, 0.15) is 15.9 Å². The van der Waals surface area contributed by atoms with Crippen molar-refractivity contribution in [3.05, 3.63) is 71.8 Å². The van der Waals surface area contributed by atoms with Crippen LogP contribution in [0.2, 0.25) is 0 Å². The first-order valence-electron chi connectivity index (χ1n) is 7.93. The van der Waals surface area contributed by atoms with E-state index in [1.165, 1.54) is 31.5 Å². The van der Waals surface area contributed by atoms with Crippen molar-refractivity contribution in [3.8, 4) is 17.1 Å². The minimum atomic E-state index is -4.69. The molecule has 144 valence electrons. The molecule has 1 aromatic carbocycles. The molecule has 0 fully saturated rings. The Hall–Kier alpha value is -3.49. The average Bonchev–Trinajstić information content (AvgIpc) is 2.68. The van der Waals surface area contributed by atoms with Crippen LogP contribution in [0.15, 0.2) is 54.9 Å². The lowest BCUT2D eigenvalue weighted by atomic mass is 10.0. The molecule has 3 rings (SSSR count). The molecule has 0 saturated carbocycles.